The average molecular weight is 367 g/mol. The lowest BCUT2D eigenvalue weighted by Crippen LogP contribution is -2.15. The maximum absolute atomic E-state index is 12.1. The van der Waals surface area contributed by atoms with Gasteiger partial charge in [0.1, 0.15) is 11.6 Å². The molecule has 1 saturated carbocycles. The van der Waals surface area contributed by atoms with Crippen molar-refractivity contribution in [1.29, 1.82) is 0 Å². The van der Waals surface area contributed by atoms with Crippen LogP contribution in [0.5, 0.6) is 0 Å². The van der Waals surface area contributed by atoms with Crippen LogP contribution in [0, 0.1) is 5.92 Å². The van der Waals surface area contributed by atoms with Gasteiger partial charge in [-0.3, -0.25) is 9.78 Å². The molecule has 1 fully saturated rings. The fourth-order valence-electron chi connectivity index (χ4n) is 2.85. The predicted molar refractivity (Wildman–Crippen MR) is 103 cm³/mol. The van der Waals surface area contributed by atoms with E-state index in [1.54, 1.807) is 24.5 Å². The van der Waals surface area contributed by atoms with E-state index in [1.807, 2.05) is 12.1 Å². The first kappa shape index (κ1) is 16.8. The molecule has 7 nitrogen and oxygen atoms in total. The monoisotopic (exact) mass is 367 g/mol. The van der Waals surface area contributed by atoms with E-state index in [2.05, 4.69) is 29.5 Å². The second-order valence-corrected chi connectivity index (χ2v) is 7.23. The fourth-order valence-corrected chi connectivity index (χ4v) is 3.32. The first-order chi connectivity index (χ1) is 12.5. The summed E-state index contributed by atoms with van der Waals surface area (Å²) in [7, 11) is 2.67. The molecule has 3 aromatic rings. The molecule has 4 rings (SSSR count). The molecular formula is C18H18N5O2P. The van der Waals surface area contributed by atoms with E-state index in [4.69, 9.17) is 5.73 Å². The minimum Gasteiger partial charge on any atom is -0.390 e. The fraction of sp³-hybridized carbons (Fsp3) is 0.222. The Labute approximate surface area is 152 Å². The Kier molecular flexibility index (Phi) is 4.26. The summed E-state index contributed by atoms with van der Waals surface area (Å²) < 4.78 is 0. The van der Waals surface area contributed by atoms with Gasteiger partial charge in [0.15, 0.2) is 0 Å². The van der Waals surface area contributed by atoms with E-state index in [9.17, 15) is 9.90 Å². The minimum absolute atomic E-state index is 0.0131. The number of carbonyl (C=O) groups is 1. The Morgan fingerprint density at radius 3 is 2.88 bits per heavy atom. The third-order valence-electron chi connectivity index (χ3n) is 4.45. The molecule has 26 heavy (non-hydrogen) atoms. The lowest BCUT2D eigenvalue weighted by molar-refractivity contribution is -0.117. The van der Waals surface area contributed by atoms with Gasteiger partial charge in [0.05, 0.1) is 18.0 Å². The summed E-state index contributed by atoms with van der Waals surface area (Å²) in [4.78, 5) is 24.9. The molecular weight excluding hydrogens is 349 g/mol. The molecule has 3 heterocycles. The molecule has 0 spiro atoms. The molecule has 132 valence electrons. The summed E-state index contributed by atoms with van der Waals surface area (Å²) in [5.74, 6) is 0.886. The summed E-state index contributed by atoms with van der Waals surface area (Å²) in [6, 6.07) is 7.25. The lowest BCUT2D eigenvalue weighted by atomic mass is 10.1. The van der Waals surface area contributed by atoms with Crippen molar-refractivity contribution >= 4 is 37.6 Å². The zero-order valence-electron chi connectivity index (χ0n) is 13.9. The number of anilines is 2. The number of nitrogens with zero attached hydrogens (tertiary/aromatic N) is 3. The van der Waals surface area contributed by atoms with Gasteiger partial charge < -0.3 is 16.2 Å². The third-order valence-corrected chi connectivity index (χ3v) is 5.18. The van der Waals surface area contributed by atoms with Crippen molar-refractivity contribution in [3.63, 3.8) is 0 Å². The molecule has 3 unspecified atom stereocenters. The molecule has 0 bridgehead atoms. The summed E-state index contributed by atoms with van der Waals surface area (Å²) in [6.45, 7) is -0.144. The largest absolute Gasteiger partial charge is 0.390 e. The van der Waals surface area contributed by atoms with Crippen LogP contribution >= 0.6 is 9.24 Å². The van der Waals surface area contributed by atoms with Crippen LogP contribution in [-0.2, 0) is 11.4 Å². The Hall–Kier alpha value is -2.63. The van der Waals surface area contributed by atoms with Crippen LogP contribution in [0.2, 0.25) is 0 Å². The minimum atomic E-state index is -0.144. The first-order valence-corrected chi connectivity index (χ1v) is 8.90. The molecule has 0 saturated heterocycles. The summed E-state index contributed by atoms with van der Waals surface area (Å²) in [5.41, 5.74) is 8.48. The highest BCUT2D eigenvalue weighted by atomic mass is 31.0. The van der Waals surface area contributed by atoms with Crippen LogP contribution in [0.1, 0.15) is 12.1 Å². The standard InChI is InChI=1S/C18H18N5O2P/c19-17-13-7-21-16(23-18(25)12-6-15(12)26)5-10(13)4-14(22-17)9-1-2-20-11(3-9)8-24/h1-5,7,12,15,24H,6,8,26H2,(H2,19,22)(H,21,23,25). The molecule has 1 amide bonds. The Balaban J connectivity index is 1.70. The number of fused-ring (bicyclic) bond motifs is 1. The van der Waals surface area contributed by atoms with Crippen LogP contribution < -0.4 is 11.1 Å². The number of amides is 1. The number of carbonyl (C=O) groups excluding carboxylic acids is 1. The van der Waals surface area contributed by atoms with Crippen LogP contribution in [0.3, 0.4) is 0 Å². The van der Waals surface area contributed by atoms with Crippen molar-refractivity contribution in [1.82, 2.24) is 15.0 Å². The van der Waals surface area contributed by atoms with E-state index >= 15 is 0 Å². The number of hydrogen-bond acceptors (Lipinski definition) is 6. The number of aliphatic hydroxyl groups excluding tert-OH is 1. The summed E-state index contributed by atoms with van der Waals surface area (Å²) in [5, 5.41) is 13.7. The van der Waals surface area contributed by atoms with E-state index < -0.39 is 0 Å². The van der Waals surface area contributed by atoms with Gasteiger partial charge in [-0.15, -0.1) is 9.24 Å². The number of pyridine rings is 3. The molecule has 3 aromatic heterocycles. The van der Waals surface area contributed by atoms with Gasteiger partial charge in [0, 0.05) is 29.3 Å². The molecule has 1 aliphatic rings. The number of aromatic nitrogens is 3. The first-order valence-electron chi connectivity index (χ1n) is 8.24. The molecule has 4 N–H and O–H groups in total. The molecule has 8 heteroatoms. The SMILES string of the molecule is Nc1nc(-c2ccnc(CO)c2)cc2cc(NC(=O)C3CC3P)ncc12. The molecule has 1 aliphatic carbocycles. The highest BCUT2D eigenvalue weighted by Gasteiger charge is 2.39. The van der Waals surface area contributed by atoms with Gasteiger partial charge in [0.25, 0.3) is 0 Å². The predicted octanol–water partition coefficient (Wildman–Crippen LogP) is 1.97. The smallest absolute Gasteiger partial charge is 0.229 e. The molecule has 3 atom stereocenters. The van der Waals surface area contributed by atoms with E-state index in [0.29, 0.717) is 28.7 Å². The van der Waals surface area contributed by atoms with E-state index in [1.165, 1.54) is 0 Å². The van der Waals surface area contributed by atoms with Gasteiger partial charge in [-0.25, -0.2) is 9.97 Å². The second kappa shape index (κ2) is 6.59. The summed E-state index contributed by atoms with van der Waals surface area (Å²) >= 11 is 0. The zero-order valence-corrected chi connectivity index (χ0v) is 15.0. The van der Waals surface area contributed by atoms with Gasteiger partial charge in [-0.2, -0.15) is 0 Å². The van der Waals surface area contributed by atoms with Crippen molar-refractivity contribution < 1.29 is 9.90 Å². The van der Waals surface area contributed by atoms with E-state index in [-0.39, 0.29) is 18.4 Å². The second-order valence-electron chi connectivity index (χ2n) is 6.37. The van der Waals surface area contributed by atoms with Gasteiger partial charge in [0.2, 0.25) is 5.91 Å². The van der Waals surface area contributed by atoms with Crippen LogP contribution in [0.25, 0.3) is 22.0 Å². The highest BCUT2D eigenvalue weighted by Crippen LogP contribution is 2.38. The van der Waals surface area contributed by atoms with Crippen LogP contribution in [0.4, 0.5) is 11.6 Å². The topological polar surface area (TPSA) is 114 Å². The van der Waals surface area contributed by atoms with Crippen molar-refractivity contribution in [2.24, 2.45) is 5.92 Å². The van der Waals surface area contributed by atoms with Gasteiger partial charge in [-0.05, 0) is 41.7 Å². The molecule has 0 radical (unpaired) electrons. The van der Waals surface area contributed by atoms with Gasteiger partial charge >= 0.3 is 0 Å². The van der Waals surface area contributed by atoms with Crippen LogP contribution in [-0.4, -0.2) is 31.6 Å². The molecule has 0 aromatic carbocycles. The van der Waals surface area contributed by atoms with E-state index in [0.717, 1.165) is 22.8 Å². The third kappa shape index (κ3) is 3.23. The quantitative estimate of drug-likeness (QED) is 0.608. The highest BCUT2D eigenvalue weighted by molar-refractivity contribution is 7.18. The summed E-state index contributed by atoms with van der Waals surface area (Å²) in [6.07, 6.45) is 4.13. The van der Waals surface area contributed by atoms with Gasteiger partial charge in [-0.1, -0.05) is 0 Å². The number of hydrogen-bond donors (Lipinski definition) is 3. The average Bonchev–Trinajstić information content (AvgIpc) is 3.38. The molecule has 0 aliphatic heterocycles. The lowest BCUT2D eigenvalue weighted by Gasteiger charge is -2.09. The number of nitrogens with one attached hydrogen (secondary N) is 1. The Bertz CT molecular complexity index is 1010. The van der Waals surface area contributed by atoms with Crippen molar-refractivity contribution in [2.75, 3.05) is 11.1 Å². The van der Waals surface area contributed by atoms with Crippen molar-refractivity contribution in [3.05, 3.63) is 42.4 Å². The number of nitrogens with two attached hydrogens (primary N) is 1. The number of aliphatic hydroxyl groups is 1. The Morgan fingerprint density at radius 1 is 1.35 bits per heavy atom. The number of rotatable bonds is 4. The maximum Gasteiger partial charge on any atom is 0.229 e. The van der Waals surface area contributed by atoms with Crippen molar-refractivity contribution in [3.8, 4) is 11.3 Å². The van der Waals surface area contributed by atoms with Crippen molar-refractivity contribution in [2.45, 2.75) is 18.7 Å². The van der Waals surface area contributed by atoms with Crippen LogP contribution in [0.15, 0.2) is 36.7 Å². The normalized spacial score (nSPS) is 18.7. The maximum atomic E-state index is 12.1. The zero-order chi connectivity index (χ0) is 18.3. The number of nitrogen functional groups attached to an aromatic ring is 1. The Morgan fingerprint density at radius 2 is 2.15 bits per heavy atom.